The number of nitrogens with two attached hydrogens (primary N) is 1. The molecule has 1 aromatic heterocycles. The fourth-order valence-corrected chi connectivity index (χ4v) is 3.80. The molecule has 3 atom stereocenters. The molecular weight excluding hydrogens is 264 g/mol. The van der Waals surface area contributed by atoms with Crippen LogP contribution in [0, 0.1) is 11.8 Å². The number of tetrazole rings is 1. The van der Waals surface area contributed by atoms with Crippen molar-refractivity contribution < 1.29 is 0 Å². The molecule has 2 N–H and O–H groups in total. The third-order valence-corrected chi connectivity index (χ3v) is 4.89. The van der Waals surface area contributed by atoms with E-state index in [2.05, 4.69) is 20.4 Å². The van der Waals surface area contributed by atoms with E-state index in [-0.39, 0.29) is 0 Å². The molecule has 6 nitrogen and oxygen atoms in total. The lowest BCUT2D eigenvalue weighted by molar-refractivity contribution is 0.288. The minimum Gasteiger partial charge on any atom is -0.327 e. The van der Waals surface area contributed by atoms with E-state index in [9.17, 15) is 0 Å². The fraction of sp³-hybridized carbons (Fsp3) is 0.533. The van der Waals surface area contributed by atoms with Crippen molar-refractivity contribution in [3.05, 3.63) is 36.2 Å². The standard InChI is InChI=1S/C15H20N6/c16-14-7-6-11-8-20(9-13(11)14)10-15-17-18-19-21(15)12-4-2-1-3-5-12/h1-5,11,13-14H,6-10,16H2. The maximum Gasteiger partial charge on any atom is 0.170 e. The van der Waals surface area contributed by atoms with E-state index in [4.69, 9.17) is 5.73 Å². The number of hydrogen-bond acceptors (Lipinski definition) is 5. The lowest BCUT2D eigenvalue weighted by Crippen LogP contribution is -2.30. The first-order valence-corrected chi connectivity index (χ1v) is 7.62. The van der Waals surface area contributed by atoms with E-state index in [1.807, 2.05) is 35.0 Å². The van der Waals surface area contributed by atoms with E-state index in [1.54, 1.807) is 0 Å². The van der Waals surface area contributed by atoms with Crippen LogP contribution >= 0.6 is 0 Å². The van der Waals surface area contributed by atoms with Crippen molar-refractivity contribution in [3.63, 3.8) is 0 Å². The predicted molar refractivity (Wildman–Crippen MR) is 78.6 cm³/mol. The van der Waals surface area contributed by atoms with Crippen molar-refractivity contribution in [2.24, 2.45) is 17.6 Å². The summed E-state index contributed by atoms with van der Waals surface area (Å²) < 4.78 is 1.83. The third-order valence-electron chi connectivity index (χ3n) is 4.89. The molecule has 2 fully saturated rings. The van der Waals surface area contributed by atoms with Gasteiger partial charge in [-0.3, -0.25) is 4.90 Å². The van der Waals surface area contributed by atoms with Crippen LogP contribution in [0.1, 0.15) is 18.7 Å². The molecule has 1 aromatic carbocycles. The molecule has 0 radical (unpaired) electrons. The van der Waals surface area contributed by atoms with Crippen LogP contribution in [-0.4, -0.2) is 44.2 Å². The molecule has 2 aromatic rings. The first-order valence-electron chi connectivity index (χ1n) is 7.62. The highest BCUT2D eigenvalue weighted by Crippen LogP contribution is 2.37. The summed E-state index contributed by atoms with van der Waals surface area (Å²) >= 11 is 0. The Labute approximate surface area is 123 Å². The summed E-state index contributed by atoms with van der Waals surface area (Å²) in [7, 11) is 0. The van der Waals surface area contributed by atoms with Gasteiger partial charge in [-0.05, 0) is 47.2 Å². The van der Waals surface area contributed by atoms with Gasteiger partial charge in [0.15, 0.2) is 5.82 Å². The van der Waals surface area contributed by atoms with Gasteiger partial charge in [-0.15, -0.1) is 5.10 Å². The van der Waals surface area contributed by atoms with Crippen LogP contribution in [0.4, 0.5) is 0 Å². The van der Waals surface area contributed by atoms with Crippen LogP contribution in [0.5, 0.6) is 0 Å². The molecular formula is C15H20N6. The maximum atomic E-state index is 6.20. The smallest absolute Gasteiger partial charge is 0.170 e. The van der Waals surface area contributed by atoms with Gasteiger partial charge in [-0.1, -0.05) is 18.2 Å². The number of nitrogens with zero attached hydrogens (tertiary/aromatic N) is 5. The van der Waals surface area contributed by atoms with Crippen molar-refractivity contribution >= 4 is 0 Å². The highest BCUT2D eigenvalue weighted by atomic mass is 15.5. The van der Waals surface area contributed by atoms with E-state index in [0.717, 1.165) is 37.1 Å². The number of rotatable bonds is 3. The summed E-state index contributed by atoms with van der Waals surface area (Å²) in [6.07, 6.45) is 2.46. The molecule has 0 bridgehead atoms. The van der Waals surface area contributed by atoms with Gasteiger partial charge in [0.1, 0.15) is 0 Å². The van der Waals surface area contributed by atoms with Crippen molar-refractivity contribution in [2.45, 2.75) is 25.4 Å². The van der Waals surface area contributed by atoms with Crippen LogP contribution in [0.3, 0.4) is 0 Å². The predicted octanol–water partition coefficient (Wildman–Crippen LogP) is 0.831. The Hall–Kier alpha value is -1.79. The zero-order chi connectivity index (χ0) is 14.2. The second kappa shape index (κ2) is 5.20. The van der Waals surface area contributed by atoms with Gasteiger partial charge in [0, 0.05) is 19.1 Å². The SMILES string of the molecule is NC1CCC2CN(Cc3nnnn3-c3ccccc3)CC12. The molecule has 1 saturated heterocycles. The molecule has 110 valence electrons. The molecule has 1 aliphatic heterocycles. The Morgan fingerprint density at radius 3 is 2.81 bits per heavy atom. The first-order chi connectivity index (χ1) is 10.3. The Kier molecular flexibility index (Phi) is 3.20. The summed E-state index contributed by atoms with van der Waals surface area (Å²) in [5, 5.41) is 12.2. The minimum absolute atomic E-state index is 0.380. The number of likely N-dealkylation sites (tertiary alicyclic amines) is 1. The summed E-state index contributed by atoms with van der Waals surface area (Å²) in [4.78, 5) is 2.44. The summed E-state index contributed by atoms with van der Waals surface area (Å²) in [5.74, 6) is 2.32. The van der Waals surface area contributed by atoms with Gasteiger partial charge in [0.05, 0.1) is 12.2 Å². The van der Waals surface area contributed by atoms with Crippen molar-refractivity contribution in [2.75, 3.05) is 13.1 Å². The monoisotopic (exact) mass is 284 g/mol. The molecule has 0 amide bonds. The second-order valence-corrected chi connectivity index (χ2v) is 6.20. The summed E-state index contributed by atoms with van der Waals surface area (Å²) in [6, 6.07) is 10.4. The Balaban J connectivity index is 1.51. The zero-order valence-electron chi connectivity index (χ0n) is 12.0. The van der Waals surface area contributed by atoms with Crippen molar-refractivity contribution in [1.82, 2.24) is 25.1 Å². The number of aromatic nitrogens is 4. The van der Waals surface area contributed by atoms with E-state index in [0.29, 0.717) is 12.0 Å². The third kappa shape index (κ3) is 2.34. The average molecular weight is 284 g/mol. The number of fused-ring (bicyclic) bond motifs is 1. The van der Waals surface area contributed by atoms with Gasteiger partial charge in [0.25, 0.3) is 0 Å². The molecule has 21 heavy (non-hydrogen) atoms. The molecule has 2 heterocycles. The molecule has 2 aliphatic rings. The van der Waals surface area contributed by atoms with Gasteiger partial charge in [-0.2, -0.15) is 4.68 Å². The maximum absolute atomic E-state index is 6.20. The average Bonchev–Trinajstić information content (AvgIpc) is 3.19. The minimum atomic E-state index is 0.380. The molecule has 4 rings (SSSR count). The van der Waals surface area contributed by atoms with Crippen LogP contribution in [0.15, 0.2) is 30.3 Å². The van der Waals surface area contributed by atoms with Crippen LogP contribution < -0.4 is 5.73 Å². The van der Waals surface area contributed by atoms with Crippen molar-refractivity contribution in [1.29, 1.82) is 0 Å². The van der Waals surface area contributed by atoms with Crippen LogP contribution in [0.25, 0.3) is 5.69 Å². The zero-order valence-corrected chi connectivity index (χ0v) is 12.0. The molecule has 1 saturated carbocycles. The Morgan fingerprint density at radius 2 is 2.00 bits per heavy atom. The van der Waals surface area contributed by atoms with E-state index in [1.165, 1.54) is 12.8 Å². The van der Waals surface area contributed by atoms with E-state index < -0.39 is 0 Å². The van der Waals surface area contributed by atoms with Gasteiger partial charge in [0.2, 0.25) is 0 Å². The van der Waals surface area contributed by atoms with Gasteiger partial charge in [-0.25, -0.2) is 0 Å². The number of benzene rings is 1. The largest absolute Gasteiger partial charge is 0.327 e. The Morgan fingerprint density at radius 1 is 1.14 bits per heavy atom. The van der Waals surface area contributed by atoms with E-state index >= 15 is 0 Å². The molecule has 6 heteroatoms. The molecule has 0 spiro atoms. The highest BCUT2D eigenvalue weighted by Gasteiger charge is 2.41. The van der Waals surface area contributed by atoms with Gasteiger partial charge >= 0.3 is 0 Å². The number of hydrogen-bond donors (Lipinski definition) is 1. The fourth-order valence-electron chi connectivity index (χ4n) is 3.80. The lowest BCUT2D eigenvalue weighted by Gasteiger charge is -2.17. The van der Waals surface area contributed by atoms with Gasteiger partial charge < -0.3 is 5.73 Å². The highest BCUT2D eigenvalue weighted by molar-refractivity contribution is 5.30. The topological polar surface area (TPSA) is 72.9 Å². The summed E-state index contributed by atoms with van der Waals surface area (Å²) in [6.45, 7) is 3.00. The quantitative estimate of drug-likeness (QED) is 0.904. The second-order valence-electron chi connectivity index (χ2n) is 6.20. The van der Waals surface area contributed by atoms with Crippen LogP contribution in [0.2, 0.25) is 0 Å². The van der Waals surface area contributed by atoms with Crippen LogP contribution in [-0.2, 0) is 6.54 Å². The first kappa shape index (κ1) is 12.9. The van der Waals surface area contributed by atoms with Crippen molar-refractivity contribution in [3.8, 4) is 5.69 Å². The summed E-state index contributed by atoms with van der Waals surface area (Å²) in [5.41, 5.74) is 7.21. The Bertz CT molecular complexity index is 610. The molecule has 1 aliphatic carbocycles. The lowest BCUT2D eigenvalue weighted by atomic mass is 9.98. The number of para-hydroxylation sites is 1. The molecule has 3 unspecified atom stereocenters. The normalized spacial score (nSPS) is 28.9.